The van der Waals surface area contributed by atoms with Crippen LogP contribution >= 0.6 is 23.8 Å². The van der Waals surface area contributed by atoms with Crippen LogP contribution in [0.2, 0.25) is 5.02 Å². The van der Waals surface area contributed by atoms with Crippen LogP contribution < -0.4 is 4.74 Å². The lowest BCUT2D eigenvalue weighted by Crippen LogP contribution is -2.34. The molecule has 126 valence electrons. The summed E-state index contributed by atoms with van der Waals surface area (Å²) < 4.78 is 19.3. The van der Waals surface area contributed by atoms with Crippen molar-refractivity contribution in [1.82, 2.24) is 4.90 Å². The molecule has 2 nitrogen and oxygen atoms in total. The lowest BCUT2D eigenvalue weighted by atomic mass is 10.1. The van der Waals surface area contributed by atoms with E-state index in [4.69, 9.17) is 28.6 Å². The van der Waals surface area contributed by atoms with Gasteiger partial charge in [0.1, 0.15) is 23.2 Å². The molecule has 0 saturated carbocycles. The average Bonchev–Trinajstić information content (AvgIpc) is 2.62. The number of benzene rings is 2. The predicted molar refractivity (Wildman–Crippen MR) is 99.3 cm³/mol. The SMILES string of the molecule is Fc1ccccc1COc1ccc(C(=S)N2CCCCC2)cc1Cl. The Morgan fingerprint density at radius 1 is 1.12 bits per heavy atom. The van der Waals surface area contributed by atoms with Crippen molar-refractivity contribution >= 4 is 28.8 Å². The lowest BCUT2D eigenvalue weighted by Gasteiger charge is -2.29. The van der Waals surface area contributed by atoms with Gasteiger partial charge in [-0.2, -0.15) is 0 Å². The van der Waals surface area contributed by atoms with Gasteiger partial charge in [-0.1, -0.05) is 42.0 Å². The topological polar surface area (TPSA) is 12.5 Å². The molecule has 0 bridgehead atoms. The molecule has 0 spiro atoms. The zero-order valence-electron chi connectivity index (χ0n) is 13.3. The highest BCUT2D eigenvalue weighted by molar-refractivity contribution is 7.80. The van der Waals surface area contributed by atoms with Gasteiger partial charge >= 0.3 is 0 Å². The summed E-state index contributed by atoms with van der Waals surface area (Å²) in [4.78, 5) is 3.06. The van der Waals surface area contributed by atoms with Crippen LogP contribution in [0.1, 0.15) is 30.4 Å². The van der Waals surface area contributed by atoms with Crippen molar-refractivity contribution in [3.63, 3.8) is 0 Å². The summed E-state index contributed by atoms with van der Waals surface area (Å²) in [5.41, 5.74) is 1.43. The Morgan fingerprint density at radius 2 is 1.88 bits per heavy atom. The largest absolute Gasteiger partial charge is 0.487 e. The van der Waals surface area contributed by atoms with Crippen LogP contribution in [0.3, 0.4) is 0 Å². The van der Waals surface area contributed by atoms with Gasteiger partial charge in [-0.05, 0) is 43.5 Å². The van der Waals surface area contributed by atoms with E-state index >= 15 is 0 Å². The molecule has 0 aliphatic carbocycles. The Bertz CT molecular complexity index is 731. The van der Waals surface area contributed by atoms with Crippen LogP contribution in [0.25, 0.3) is 0 Å². The number of rotatable bonds is 4. The van der Waals surface area contributed by atoms with Crippen molar-refractivity contribution in [2.45, 2.75) is 25.9 Å². The second kappa shape index (κ2) is 7.95. The normalized spacial score (nSPS) is 14.5. The maximum atomic E-state index is 13.6. The Balaban J connectivity index is 1.68. The molecule has 24 heavy (non-hydrogen) atoms. The molecular formula is C19H19ClFNOS. The first kappa shape index (κ1) is 17.2. The molecule has 0 aromatic heterocycles. The fourth-order valence-electron chi connectivity index (χ4n) is 2.80. The highest BCUT2D eigenvalue weighted by atomic mass is 35.5. The predicted octanol–water partition coefficient (Wildman–Crippen LogP) is 5.22. The summed E-state index contributed by atoms with van der Waals surface area (Å²) >= 11 is 11.9. The van der Waals surface area contributed by atoms with E-state index in [-0.39, 0.29) is 12.4 Å². The molecule has 1 aliphatic heterocycles. The molecule has 1 fully saturated rings. The minimum atomic E-state index is -0.281. The van der Waals surface area contributed by atoms with Crippen molar-refractivity contribution in [2.75, 3.05) is 13.1 Å². The second-order valence-electron chi connectivity index (χ2n) is 5.88. The van der Waals surface area contributed by atoms with Gasteiger partial charge in [0.15, 0.2) is 0 Å². The number of piperidine rings is 1. The molecular weight excluding hydrogens is 345 g/mol. The molecule has 2 aromatic rings. The van der Waals surface area contributed by atoms with E-state index in [0.717, 1.165) is 23.6 Å². The van der Waals surface area contributed by atoms with Gasteiger partial charge in [0.2, 0.25) is 0 Å². The van der Waals surface area contributed by atoms with Crippen LogP contribution in [-0.2, 0) is 6.61 Å². The Kier molecular flexibility index (Phi) is 5.69. The molecule has 1 heterocycles. The number of hydrogen-bond acceptors (Lipinski definition) is 2. The minimum Gasteiger partial charge on any atom is -0.487 e. The Labute approximate surface area is 152 Å². The highest BCUT2D eigenvalue weighted by Gasteiger charge is 2.16. The molecule has 2 aromatic carbocycles. The quantitative estimate of drug-likeness (QED) is 0.691. The second-order valence-corrected chi connectivity index (χ2v) is 6.67. The van der Waals surface area contributed by atoms with Crippen LogP contribution in [0, 0.1) is 5.82 Å². The third-order valence-corrected chi connectivity index (χ3v) is 4.95. The summed E-state index contributed by atoms with van der Waals surface area (Å²) in [6, 6.07) is 12.1. The molecule has 1 aliphatic rings. The first-order valence-electron chi connectivity index (χ1n) is 8.10. The number of hydrogen-bond donors (Lipinski definition) is 0. The maximum Gasteiger partial charge on any atom is 0.138 e. The fourth-order valence-corrected chi connectivity index (χ4v) is 3.35. The smallest absolute Gasteiger partial charge is 0.138 e. The standard InChI is InChI=1S/C19H19ClFNOS/c20-16-12-14(19(24)22-10-4-1-5-11-22)8-9-18(16)23-13-15-6-2-3-7-17(15)21/h2-3,6-9,12H,1,4-5,10-11,13H2. The Hall–Kier alpha value is -1.65. The van der Waals surface area contributed by atoms with E-state index in [2.05, 4.69) is 4.90 Å². The number of thiocarbonyl (C=S) groups is 1. The number of halogens is 2. The van der Waals surface area contributed by atoms with Crippen LogP contribution in [-0.4, -0.2) is 23.0 Å². The van der Waals surface area contributed by atoms with Crippen molar-refractivity contribution in [2.24, 2.45) is 0 Å². The number of nitrogens with zero attached hydrogens (tertiary/aromatic N) is 1. The zero-order chi connectivity index (χ0) is 16.9. The number of ether oxygens (including phenoxy) is 1. The van der Waals surface area contributed by atoms with Crippen LogP contribution in [0.5, 0.6) is 5.75 Å². The van der Waals surface area contributed by atoms with Crippen molar-refractivity contribution < 1.29 is 9.13 Å². The number of likely N-dealkylation sites (tertiary alicyclic amines) is 1. The van der Waals surface area contributed by atoms with E-state index < -0.39 is 0 Å². The maximum absolute atomic E-state index is 13.6. The van der Waals surface area contributed by atoms with Crippen molar-refractivity contribution in [3.05, 3.63) is 64.4 Å². The van der Waals surface area contributed by atoms with Gasteiger partial charge in [0.25, 0.3) is 0 Å². The van der Waals surface area contributed by atoms with E-state index in [9.17, 15) is 4.39 Å². The van der Waals surface area contributed by atoms with E-state index in [0.29, 0.717) is 16.3 Å². The third kappa shape index (κ3) is 4.05. The third-order valence-electron chi connectivity index (χ3n) is 4.16. The summed E-state index contributed by atoms with van der Waals surface area (Å²) in [5.74, 6) is 0.252. The highest BCUT2D eigenvalue weighted by Crippen LogP contribution is 2.28. The molecule has 1 saturated heterocycles. The van der Waals surface area contributed by atoms with Gasteiger partial charge in [0, 0.05) is 24.2 Å². The molecule has 0 amide bonds. The van der Waals surface area contributed by atoms with Crippen molar-refractivity contribution in [3.8, 4) is 5.75 Å². The molecule has 0 unspecified atom stereocenters. The van der Waals surface area contributed by atoms with E-state index in [1.807, 2.05) is 12.1 Å². The Morgan fingerprint density at radius 3 is 2.58 bits per heavy atom. The summed E-state index contributed by atoms with van der Waals surface area (Å²) in [5, 5.41) is 0.489. The van der Waals surface area contributed by atoms with Gasteiger partial charge < -0.3 is 9.64 Å². The minimum absolute atomic E-state index is 0.141. The van der Waals surface area contributed by atoms with E-state index in [1.54, 1.807) is 24.3 Å². The first-order chi connectivity index (χ1) is 11.6. The van der Waals surface area contributed by atoms with Gasteiger partial charge in [-0.15, -0.1) is 0 Å². The van der Waals surface area contributed by atoms with E-state index in [1.165, 1.54) is 25.3 Å². The van der Waals surface area contributed by atoms with Crippen LogP contribution in [0.15, 0.2) is 42.5 Å². The summed E-state index contributed by atoms with van der Waals surface area (Å²) in [6.45, 7) is 2.15. The lowest BCUT2D eigenvalue weighted by molar-refractivity contribution is 0.300. The average molecular weight is 364 g/mol. The van der Waals surface area contributed by atoms with Gasteiger partial charge in [-0.3, -0.25) is 0 Å². The van der Waals surface area contributed by atoms with Crippen molar-refractivity contribution in [1.29, 1.82) is 0 Å². The molecule has 5 heteroatoms. The molecule has 0 N–H and O–H groups in total. The fraction of sp³-hybridized carbons (Fsp3) is 0.316. The van der Waals surface area contributed by atoms with Gasteiger partial charge in [0.05, 0.1) is 5.02 Å². The zero-order valence-corrected chi connectivity index (χ0v) is 14.9. The monoisotopic (exact) mass is 363 g/mol. The summed E-state index contributed by atoms with van der Waals surface area (Å²) in [6.07, 6.45) is 3.62. The summed E-state index contributed by atoms with van der Waals surface area (Å²) in [7, 11) is 0. The van der Waals surface area contributed by atoms with Crippen LogP contribution in [0.4, 0.5) is 4.39 Å². The first-order valence-corrected chi connectivity index (χ1v) is 8.89. The van der Waals surface area contributed by atoms with Gasteiger partial charge in [-0.25, -0.2) is 4.39 Å². The molecule has 3 rings (SSSR count). The molecule has 0 radical (unpaired) electrons. The molecule has 0 atom stereocenters.